The number of rotatable bonds is 1. The maximum Gasteiger partial charge on any atom is 0.0246 e. The topological polar surface area (TPSA) is 0 Å². The van der Waals surface area contributed by atoms with Crippen molar-refractivity contribution in [3.63, 3.8) is 0 Å². The first-order chi connectivity index (χ1) is 3.27. The summed E-state index contributed by atoms with van der Waals surface area (Å²) in [4.78, 5) is 0. The lowest BCUT2D eigenvalue weighted by Crippen LogP contribution is -1.83. The highest BCUT2D eigenvalue weighted by Gasteiger charge is 1.82. The summed E-state index contributed by atoms with van der Waals surface area (Å²) in [7, 11) is 1.89. The lowest BCUT2D eigenvalue weighted by atomic mass is 10.3. The van der Waals surface area contributed by atoms with Gasteiger partial charge in [0.05, 0.1) is 0 Å². The molecule has 46 valence electrons. The van der Waals surface area contributed by atoms with Gasteiger partial charge < -0.3 is 0 Å². The molecule has 0 fully saturated rings. The molecule has 0 aromatic rings. The molecule has 0 spiro atoms. The van der Waals surface area contributed by atoms with Crippen molar-refractivity contribution >= 4 is 31.4 Å². The number of alkyl halides is 1. The van der Waals surface area contributed by atoms with E-state index in [1.165, 1.54) is 0 Å². The van der Waals surface area contributed by atoms with Crippen molar-refractivity contribution in [1.82, 2.24) is 0 Å². The Bertz CT molecular complexity index is 23.7. The average molecular weight is 161 g/mol. The van der Waals surface area contributed by atoms with Crippen LogP contribution >= 0.6 is 31.4 Å². The molecule has 0 aliphatic carbocycles. The molecule has 1 unspecified atom stereocenters. The Kier molecular flexibility index (Phi) is 15.7. The van der Waals surface area contributed by atoms with Crippen LogP contribution in [0.5, 0.6) is 0 Å². The smallest absolute Gasteiger partial charge is 0.0246 e. The standard InChI is InChI=1S/C4H9Cl.ClH2P/c1-4(2)3-5;1-2/h4H,3H2,1-2H3;2H2. The van der Waals surface area contributed by atoms with E-state index in [0.717, 1.165) is 5.88 Å². The lowest BCUT2D eigenvalue weighted by molar-refractivity contribution is 0.745. The van der Waals surface area contributed by atoms with Crippen molar-refractivity contribution in [3.8, 4) is 0 Å². The normalized spacial score (nSPS) is 7.71. The summed E-state index contributed by atoms with van der Waals surface area (Å²) in [5.41, 5.74) is 0. The largest absolute Gasteiger partial charge is 0.126 e. The van der Waals surface area contributed by atoms with Crippen LogP contribution in [0.3, 0.4) is 0 Å². The minimum absolute atomic E-state index is 0.650. The molecule has 7 heavy (non-hydrogen) atoms. The molecule has 0 nitrogen and oxygen atoms in total. The van der Waals surface area contributed by atoms with E-state index in [9.17, 15) is 0 Å². The minimum atomic E-state index is 0.650. The molecular weight excluding hydrogens is 150 g/mol. The predicted molar refractivity (Wildman–Crippen MR) is 41.1 cm³/mol. The van der Waals surface area contributed by atoms with E-state index in [1.807, 2.05) is 8.59 Å². The molecule has 0 heterocycles. The minimum Gasteiger partial charge on any atom is -0.126 e. The van der Waals surface area contributed by atoms with Gasteiger partial charge in [0.1, 0.15) is 0 Å². The first kappa shape index (κ1) is 10.9. The van der Waals surface area contributed by atoms with Crippen LogP contribution in [0.2, 0.25) is 0 Å². The fourth-order valence-electron chi connectivity index (χ4n) is 0. The third-order valence-electron chi connectivity index (χ3n) is 0.309. The van der Waals surface area contributed by atoms with Gasteiger partial charge >= 0.3 is 0 Å². The summed E-state index contributed by atoms with van der Waals surface area (Å²) in [6.45, 7) is 4.18. The first-order valence-corrected chi connectivity index (χ1v) is 4.33. The maximum absolute atomic E-state index is 5.34. The molecule has 0 saturated heterocycles. The van der Waals surface area contributed by atoms with Gasteiger partial charge in [-0.15, -0.1) is 22.8 Å². The Hall–Kier alpha value is 1.01. The van der Waals surface area contributed by atoms with E-state index in [2.05, 4.69) is 25.1 Å². The van der Waals surface area contributed by atoms with Crippen LogP contribution in [0.1, 0.15) is 13.8 Å². The first-order valence-electron chi connectivity index (χ1n) is 2.05. The second kappa shape index (κ2) is 10.1. The number of hydrogen-bond acceptors (Lipinski definition) is 0. The number of halogens is 2. The Balaban J connectivity index is 0. The highest BCUT2D eigenvalue weighted by atomic mass is 35.7. The summed E-state index contributed by atoms with van der Waals surface area (Å²) in [5.74, 6) is 1.43. The molecule has 0 amide bonds. The van der Waals surface area contributed by atoms with E-state index < -0.39 is 0 Å². The van der Waals surface area contributed by atoms with Gasteiger partial charge in [-0.2, -0.15) is 0 Å². The van der Waals surface area contributed by atoms with E-state index in [-0.39, 0.29) is 0 Å². The molecule has 0 aliphatic rings. The summed E-state index contributed by atoms with van der Waals surface area (Å²) < 4.78 is 0. The third-order valence-corrected chi connectivity index (χ3v) is 0.926. The molecule has 0 aromatic carbocycles. The molecule has 1 atom stereocenters. The summed E-state index contributed by atoms with van der Waals surface area (Å²) in [6.07, 6.45) is 0. The van der Waals surface area contributed by atoms with E-state index >= 15 is 0 Å². The van der Waals surface area contributed by atoms with Gasteiger partial charge in [-0.1, -0.05) is 13.8 Å². The quantitative estimate of drug-likeness (QED) is 0.409. The zero-order valence-electron chi connectivity index (χ0n) is 4.62. The van der Waals surface area contributed by atoms with Crippen LogP contribution in [0, 0.1) is 5.92 Å². The van der Waals surface area contributed by atoms with Crippen molar-refractivity contribution in [2.24, 2.45) is 5.92 Å². The van der Waals surface area contributed by atoms with Crippen LogP contribution in [0.25, 0.3) is 0 Å². The summed E-state index contributed by atoms with van der Waals surface area (Å²) in [5, 5.41) is 0. The van der Waals surface area contributed by atoms with Gasteiger partial charge in [-0.05, 0) is 14.5 Å². The highest BCUT2D eigenvalue weighted by molar-refractivity contribution is 7.52. The van der Waals surface area contributed by atoms with Crippen LogP contribution in [-0.4, -0.2) is 5.88 Å². The van der Waals surface area contributed by atoms with Crippen LogP contribution in [0.4, 0.5) is 0 Å². The van der Waals surface area contributed by atoms with Crippen molar-refractivity contribution < 1.29 is 0 Å². The second-order valence-electron chi connectivity index (χ2n) is 1.55. The molecule has 0 aliphatic heterocycles. The van der Waals surface area contributed by atoms with Gasteiger partial charge in [-0.25, -0.2) is 0 Å². The maximum atomic E-state index is 5.34. The molecule has 0 bridgehead atoms. The molecule has 0 rings (SSSR count). The summed E-state index contributed by atoms with van der Waals surface area (Å²) >= 11 is 9.89. The molecule has 0 aromatic heterocycles. The van der Waals surface area contributed by atoms with Gasteiger partial charge in [0, 0.05) is 5.88 Å². The van der Waals surface area contributed by atoms with E-state index in [1.54, 1.807) is 0 Å². The van der Waals surface area contributed by atoms with Gasteiger partial charge in [-0.3, -0.25) is 0 Å². The van der Waals surface area contributed by atoms with Gasteiger partial charge in [0.25, 0.3) is 0 Å². The monoisotopic (exact) mass is 160 g/mol. The predicted octanol–water partition coefficient (Wildman–Crippen LogP) is 2.90. The number of hydrogen-bond donors (Lipinski definition) is 0. The fourth-order valence-corrected chi connectivity index (χ4v) is 0. The van der Waals surface area contributed by atoms with Crippen LogP contribution in [-0.2, 0) is 0 Å². The fraction of sp³-hybridized carbons (Fsp3) is 1.00. The second-order valence-corrected chi connectivity index (χ2v) is 1.86. The average Bonchev–Trinajstić information content (AvgIpc) is 1.73. The Morgan fingerprint density at radius 2 is 1.57 bits per heavy atom. The summed E-state index contributed by atoms with van der Waals surface area (Å²) in [6, 6.07) is 0. The zero-order chi connectivity index (χ0) is 6.28. The van der Waals surface area contributed by atoms with Crippen molar-refractivity contribution in [2.75, 3.05) is 5.88 Å². The van der Waals surface area contributed by atoms with Gasteiger partial charge in [0.15, 0.2) is 0 Å². The molecule has 0 saturated carbocycles. The van der Waals surface area contributed by atoms with Gasteiger partial charge in [0.2, 0.25) is 0 Å². The molecular formula is C4H11Cl2P. The van der Waals surface area contributed by atoms with Crippen molar-refractivity contribution in [3.05, 3.63) is 0 Å². The zero-order valence-corrected chi connectivity index (χ0v) is 7.28. The molecule has 0 radical (unpaired) electrons. The SMILES string of the molecule is CC(C)CCl.PCl. The third kappa shape index (κ3) is 19.4. The lowest BCUT2D eigenvalue weighted by Gasteiger charge is -1.88. The Morgan fingerprint density at radius 3 is 1.57 bits per heavy atom. The van der Waals surface area contributed by atoms with Crippen molar-refractivity contribution in [2.45, 2.75) is 13.8 Å². The van der Waals surface area contributed by atoms with Crippen LogP contribution < -0.4 is 0 Å². The van der Waals surface area contributed by atoms with E-state index in [0.29, 0.717) is 5.92 Å². The highest BCUT2D eigenvalue weighted by Crippen LogP contribution is 1.91. The molecule has 3 heteroatoms. The van der Waals surface area contributed by atoms with E-state index in [4.69, 9.17) is 11.6 Å². The Morgan fingerprint density at radius 1 is 1.43 bits per heavy atom. The van der Waals surface area contributed by atoms with Crippen molar-refractivity contribution in [1.29, 1.82) is 0 Å². The Labute approximate surface area is 57.6 Å². The van der Waals surface area contributed by atoms with Crippen LogP contribution in [0.15, 0.2) is 0 Å². The molecule has 0 N–H and O–H groups in total.